The Bertz CT molecular complexity index is 583. The van der Waals surface area contributed by atoms with Crippen molar-refractivity contribution in [3.63, 3.8) is 0 Å². The summed E-state index contributed by atoms with van der Waals surface area (Å²) in [6.45, 7) is 6.26. The van der Waals surface area contributed by atoms with E-state index in [1.165, 1.54) is 6.07 Å². The van der Waals surface area contributed by atoms with E-state index < -0.39 is 0 Å². The highest BCUT2D eigenvalue weighted by Crippen LogP contribution is 2.22. The summed E-state index contributed by atoms with van der Waals surface area (Å²) in [6, 6.07) is 6.59. The number of rotatable bonds is 7. The van der Waals surface area contributed by atoms with Gasteiger partial charge in [-0.25, -0.2) is 4.39 Å². The van der Waals surface area contributed by atoms with Crippen LogP contribution in [0.3, 0.4) is 0 Å². The predicted octanol–water partition coefficient (Wildman–Crippen LogP) is 4.51. The lowest BCUT2D eigenvalue weighted by molar-refractivity contribution is 0.299. The maximum Gasteiger partial charge on any atom is 0.141 e. The molecule has 0 aliphatic carbocycles. The lowest BCUT2D eigenvalue weighted by atomic mass is 10.2. The van der Waals surface area contributed by atoms with E-state index >= 15 is 0 Å². The number of halogens is 2. The molecule has 0 aliphatic rings. The van der Waals surface area contributed by atoms with Gasteiger partial charge in [0.15, 0.2) is 0 Å². The third-order valence-electron chi connectivity index (χ3n) is 2.96. The zero-order valence-corrected chi connectivity index (χ0v) is 13.7. The molecule has 0 aliphatic heterocycles. The van der Waals surface area contributed by atoms with Crippen molar-refractivity contribution in [3.05, 3.63) is 52.1 Å². The van der Waals surface area contributed by atoms with Crippen LogP contribution in [0.25, 0.3) is 0 Å². The van der Waals surface area contributed by atoms with E-state index in [0.717, 1.165) is 17.9 Å². The topological polar surface area (TPSA) is 34.4 Å². The second-order valence-corrected chi connectivity index (χ2v) is 6.11. The van der Waals surface area contributed by atoms with E-state index in [2.05, 4.69) is 35.1 Å². The highest BCUT2D eigenvalue weighted by molar-refractivity contribution is 9.10. The van der Waals surface area contributed by atoms with E-state index in [1.807, 2.05) is 6.07 Å². The van der Waals surface area contributed by atoms with Crippen LogP contribution in [0, 0.1) is 11.7 Å². The molecular weight excluding hydrogens is 337 g/mol. The third kappa shape index (κ3) is 4.86. The minimum absolute atomic E-state index is 0.335. The van der Waals surface area contributed by atoms with Gasteiger partial charge in [-0.15, -0.1) is 0 Å². The van der Waals surface area contributed by atoms with Crippen LogP contribution >= 0.6 is 15.9 Å². The third-order valence-corrected chi connectivity index (χ3v) is 3.60. The lowest BCUT2D eigenvalue weighted by Gasteiger charge is -2.09. The fraction of sp³-hybridized carbons (Fsp3) is 0.375. The molecule has 0 saturated heterocycles. The molecule has 0 fully saturated rings. The number of benzene rings is 1. The van der Waals surface area contributed by atoms with Crippen LogP contribution in [0.15, 0.2) is 39.4 Å². The quantitative estimate of drug-likeness (QED) is 0.793. The molecule has 0 saturated carbocycles. The Hall–Kier alpha value is -1.33. The van der Waals surface area contributed by atoms with Crippen LogP contribution in [0.4, 0.5) is 4.39 Å². The zero-order valence-electron chi connectivity index (χ0n) is 12.2. The minimum atomic E-state index is -0.335. The Labute approximate surface area is 132 Å². The van der Waals surface area contributed by atoms with Gasteiger partial charge in [-0.2, -0.15) is 0 Å². The van der Waals surface area contributed by atoms with E-state index in [9.17, 15) is 4.39 Å². The molecule has 0 amide bonds. The molecule has 3 nitrogen and oxygen atoms in total. The molecule has 1 aromatic heterocycles. The first-order valence-corrected chi connectivity index (χ1v) is 7.69. The summed E-state index contributed by atoms with van der Waals surface area (Å²) in [5.41, 5.74) is 0.967. The van der Waals surface area contributed by atoms with Crippen molar-refractivity contribution in [2.75, 3.05) is 6.54 Å². The summed E-state index contributed by atoms with van der Waals surface area (Å²) in [6.07, 6.45) is 1.65. The molecule has 1 aromatic carbocycles. The van der Waals surface area contributed by atoms with Crippen LogP contribution in [0.5, 0.6) is 5.75 Å². The van der Waals surface area contributed by atoms with Gasteiger partial charge >= 0.3 is 0 Å². The predicted molar refractivity (Wildman–Crippen MR) is 83.7 cm³/mol. The Morgan fingerprint density at radius 3 is 2.86 bits per heavy atom. The van der Waals surface area contributed by atoms with Crippen molar-refractivity contribution < 1.29 is 13.5 Å². The number of nitrogens with one attached hydrogen (secondary N) is 1. The summed E-state index contributed by atoms with van der Waals surface area (Å²) in [7, 11) is 0. The van der Waals surface area contributed by atoms with Gasteiger partial charge in [-0.05, 0) is 46.6 Å². The number of furan rings is 1. The first-order valence-electron chi connectivity index (χ1n) is 6.90. The standard InChI is InChI=1S/C16H19BrFNO2/c1-11(2)8-19-9-16-12(5-6-20-16)10-21-13-3-4-14(17)15(18)7-13/h3-7,11,19H,8-10H2,1-2H3. The summed E-state index contributed by atoms with van der Waals surface area (Å²) in [4.78, 5) is 0. The fourth-order valence-corrected chi connectivity index (χ4v) is 2.10. The van der Waals surface area contributed by atoms with Gasteiger partial charge < -0.3 is 14.5 Å². The molecule has 0 unspecified atom stereocenters. The van der Waals surface area contributed by atoms with E-state index in [-0.39, 0.29) is 5.82 Å². The van der Waals surface area contributed by atoms with E-state index in [1.54, 1.807) is 18.4 Å². The number of hydrogen-bond donors (Lipinski definition) is 1. The van der Waals surface area contributed by atoms with Crippen LogP contribution < -0.4 is 10.1 Å². The van der Waals surface area contributed by atoms with Gasteiger partial charge in [0.25, 0.3) is 0 Å². The molecule has 0 radical (unpaired) electrons. The molecular formula is C16H19BrFNO2. The Morgan fingerprint density at radius 2 is 2.14 bits per heavy atom. The van der Waals surface area contributed by atoms with E-state index in [4.69, 9.17) is 9.15 Å². The fourth-order valence-electron chi connectivity index (χ4n) is 1.85. The van der Waals surface area contributed by atoms with Gasteiger partial charge in [0, 0.05) is 11.6 Å². The van der Waals surface area contributed by atoms with Crippen molar-refractivity contribution in [1.29, 1.82) is 0 Å². The molecule has 2 aromatic rings. The summed E-state index contributed by atoms with van der Waals surface area (Å²) in [5, 5.41) is 3.33. The van der Waals surface area contributed by atoms with Crippen molar-refractivity contribution in [2.24, 2.45) is 5.92 Å². The molecule has 1 N–H and O–H groups in total. The highest BCUT2D eigenvalue weighted by Gasteiger charge is 2.08. The highest BCUT2D eigenvalue weighted by atomic mass is 79.9. The molecule has 0 atom stereocenters. The normalized spacial score (nSPS) is 11.1. The first-order chi connectivity index (χ1) is 10.1. The maximum absolute atomic E-state index is 13.4. The monoisotopic (exact) mass is 355 g/mol. The second kappa shape index (κ2) is 7.61. The van der Waals surface area contributed by atoms with Gasteiger partial charge in [-0.1, -0.05) is 13.8 Å². The van der Waals surface area contributed by atoms with Crippen molar-refractivity contribution >= 4 is 15.9 Å². The van der Waals surface area contributed by atoms with Crippen molar-refractivity contribution in [1.82, 2.24) is 5.32 Å². The minimum Gasteiger partial charge on any atom is -0.489 e. The van der Waals surface area contributed by atoms with Gasteiger partial charge in [0.2, 0.25) is 0 Å². The molecule has 114 valence electrons. The average Bonchev–Trinajstić information content (AvgIpc) is 2.87. The summed E-state index contributed by atoms with van der Waals surface area (Å²) < 4.78 is 24.9. The van der Waals surface area contributed by atoms with Gasteiger partial charge in [-0.3, -0.25) is 0 Å². The number of ether oxygens (including phenoxy) is 1. The van der Waals surface area contributed by atoms with Crippen LogP contribution in [-0.2, 0) is 13.2 Å². The van der Waals surface area contributed by atoms with Gasteiger partial charge in [0.1, 0.15) is 23.9 Å². The summed E-state index contributed by atoms with van der Waals surface area (Å²) in [5.74, 6) is 1.61. The Balaban J connectivity index is 1.91. The van der Waals surface area contributed by atoms with Crippen molar-refractivity contribution in [3.8, 4) is 5.75 Å². The maximum atomic E-state index is 13.4. The smallest absolute Gasteiger partial charge is 0.141 e. The molecule has 2 rings (SSSR count). The average molecular weight is 356 g/mol. The molecule has 0 spiro atoms. The van der Waals surface area contributed by atoms with Crippen molar-refractivity contribution in [2.45, 2.75) is 27.0 Å². The SMILES string of the molecule is CC(C)CNCc1occc1COc1ccc(Br)c(F)c1. The van der Waals surface area contributed by atoms with E-state index in [0.29, 0.717) is 29.3 Å². The molecule has 5 heteroatoms. The number of hydrogen-bond acceptors (Lipinski definition) is 3. The molecule has 1 heterocycles. The lowest BCUT2D eigenvalue weighted by Crippen LogP contribution is -2.19. The molecule has 21 heavy (non-hydrogen) atoms. The Morgan fingerprint density at radius 1 is 1.33 bits per heavy atom. The molecule has 0 bridgehead atoms. The second-order valence-electron chi connectivity index (χ2n) is 5.26. The van der Waals surface area contributed by atoms with Crippen LogP contribution in [0.1, 0.15) is 25.2 Å². The van der Waals surface area contributed by atoms with Crippen LogP contribution in [-0.4, -0.2) is 6.54 Å². The largest absolute Gasteiger partial charge is 0.489 e. The first kappa shape index (κ1) is 16.0. The zero-order chi connectivity index (χ0) is 15.2. The summed E-state index contributed by atoms with van der Waals surface area (Å²) >= 11 is 3.12. The van der Waals surface area contributed by atoms with Gasteiger partial charge in [0.05, 0.1) is 17.3 Å². The Kier molecular flexibility index (Phi) is 5.82. The van der Waals surface area contributed by atoms with Crippen LogP contribution in [0.2, 0.25) is 0 Å².